The van der Waals surface area contributed by atoms with Crippen LogP contribution in [-0.2, 0) is 4.74 Å². The van der Waals surface area contributed by atoms with Gasteiger partial charge in [-0.05, 0) is 12.1 Å². The largest absolute Gasteiger partial charge is 0.505 e. The molecule has 1 aliphatic heterocycles. The molecule has 0 aliphatic carbocycles. The second-order valence-electron chi connectivity index (χ2n) is 6.15. The molecule has 1 saturated heterocycles. The van der Waals surface area contributed by atoms with Crippen molar-refractivity contribution < 1.29 is 14.2 Å². The highest BCUT2D eigenvalue weighted by Crippen LogP contribution is 2.38. The van der Waals surface area contributed by atoms with Gasteiger partial charge >= 0.3 is 0 Å². The van der Waals surface area contributed by atoms with E-state index >= 15 is 0 Å². The lowest BCUT2D eigenvalue weighted by atomic mass is 9.94. The molecule has 5 heteroatoms. The molecule has 0 radical (unpaired) electrons. The van der Waals surface area contributed by atoms with E-state index in [1.54, 1.807) is 18.3 Å². The van der Waals surface area contributed by atoms with E-state index in [0.29, 0.717) is 42.9 Å². The third-order valence-corrected chi connectivity index (χ3v) is 4.68. The Labute approximate surface area is 145 Å². The highest BCUT2D eigenvalue weighted by Gasteiger charge is 2.29. The number of benzene rings is 2. The van der Waals surface area contributed by atoms with Crippen LogP contribution in [0.3, 0.4) is 0 Å². The van der Waals surface area contributed by atoms with Gasteiger partial charge in [-0.1, -0.05) is 36.4 Å². The predicted octanol–water partition coefficient (Wildman–Crippen LogP) is 3.50. The van der Waals surface area contributed by atoms with E-state index in [2.05, 4.69) is 9.88 Å². The zero-order chi connectivity index (χ0) is 17.2. The number of fused-ring (bicyclic) bond motifs is 1. The van der Waals surface area contributed by atoms with Gasteiger partial charge in [0.1, 0.15) is 17.1 Å². The number of phenolic OH excluding ortho intramolecular Hbond substituents is 1. The van der Waals surface area contributed by atoms with Gasteiger partial charge < -0.3 is 9.84 Å². The molecule has 1 unspecified atom stereocenters. The van der Waals surface area contributed by atoms with Gasteiger partial charge in [-0.25, -0.2) is 4.39 Å². The van der Waals surface area contributed by atoms with Crippen LogP contribution in [0, 0.1) is 5.82 Å². The Morgan fingerprint density at radius 3 is 2.60 bits per heavy atom. The standard InChI is InChI=1S/C20H19FN2O2/c21-17-6-2-1-5-15(17)19(23-10-12-25-13-11-23)16-8-7-14-4-3-9-22-18(14)20(16)24/h1-9,19,24H,10-13H2. The summed E-state index contributed by atoms with van der Waals surface area (Å²) in [7, 11) is 0. The summed E-state index contributed by atoms with van der Waals surface area (Å²) in [6, 6.07) is 13.9. The molecule has 0 bridgehead atoms. The number of nitrogens with zero attached hydrogens (tertiary/aromatic N) is 2. The lowest BCUT2D eigenvalue weighted by molar-refractivity contribution is 0.0230. The highest BCUT2D eigenvalue weighted by molar-refractivity contribution is 5.85. The summed E-state index contributed by atoms with van der Waals surface area (Å²) in [5.74, 6) is -0.169. The van der Waals surface area contributed by atoms with E-state index in [-0.39, 0.29) is 17.6 Å². The van der Waals surface area contributed by atoms with Gasteiger partial charge in [-0.15, -0.1) is 0 Å². The van der Waals surface area contributed by atoms with Crippen LogP contribution in [-0.4, -0.2) is 41.3 Å². The van der Waals surface area contributed by atoms with Crippen LogP contribution in [0.25, 0.3) is 10.9 Å². The number of aromatic nitrogens is 1. The number of phenols is 1. The second kappa shape index (κ2) is 6.78. The van der Waals surface area contributed by atoms with Crippen molar-refractivity contribution >= 4 is 10.9 Å². The minimum atomic E-state index is -0.378. The molecule has 1 aromatic heterocycles. The van der Waals surface area contributed by atoms with Crippen LogP contribution in [0.1, 0.15) is 17.2 Å². The topological polar surface area (TPSA) is 45.6 Å². The molecule has 0 amide bonds. The lowest BCUT2D eigenvalue weighted by Crippen LogP contribution is -2.39. The minimum absolute atomic E-state index is 0.109. The van der Waals surface area contributed by atoms with Crippen molar-refractivity contribution in [1.29, 1.82) is 0 Å². The number of hydrogen-bond acceptors (Lipinski definition) is 4. The van der Waals surface area contributed by atoms with Gasteiger partial charge in [-0.2, -0.15) is 0 Å². The number of ether oxygens (including phenoxy) is 1. The van der Waals surface area contributed by atoms with Crippen LogP contribution < -0.4 is 0 Å². The SMILES string of the molecule is Oc1c(C(c2ccccc2F)N2CCOCC2)ccc2cccnc12. The fraction of sp³-hybridized carbons (Fsp3) is 0.250. The molecule has 4 rings (SSSR count). The van der Waals surface area contributed by atoms with Crippen molar-refractivity contribution in [1.82, 2.24) is 9.88 Å². The number of pyridine rings is 1. The quantitative estimate of drug-likeness (QED) is 0.794. The molecule has 0 spiro atoms. The van der Waals surface area contributed by atoms with Crippen LogP contribution >= 0.6 is 0 Å². The average molecular weight is 338 g/mol. The molecule has 1 aliphatic rings. The number of rotatable bonds is 3. The van der Waals surface area contributed by atoms with E-state index in [1.165, 1.54) is 6.07 Å². The Morgan fingerprint density at radius 2 is 1.80 bits per heavy atom. The number of hydrogen-bond donors (Lipinski definition) is 1. The predicted molar refractivity (Wildman–Crippen MR) is 94.0 cm³/mol. The molecule has 1 atom stereocenters. The van der Waals surface area contributed by atoms with Crippen LogP contribution in [0.15, 0.2) is 54.7 Å². The maximum Gasteiger partial charge on any atom is 0.146 e. The molecule has 4 nitrogen and oxygen atoms in total. The normalized spacial score (nSPS) is 16.8. The zero-order valence-corrected chi connectivity index (χ0v) is 13.7. The Morgan fingerprint density at radius 1 is 1.00 bits per heavy atom. The Hall–Kier alpha value is -2.50. The van der Waals surface area contributed by atoms with E-state index in [4.69, 9.17) is 4.74 Å². The van der Waals surface area contributed by atoms with Crippen LogP contribution in [0.4, 0.5) is 4.39 Å². The molecule has 2 heterocycles. The van der Waals surface area contributed by atoms with Crippen molar-refractivity contribution in [3.63, 3.8) is 0 Å². The first-order valence-electron chi connectivity index (χ1n) is 8.38. The molecule has 128 valence electrons. The fourth-order valence-electron chi connectivity index (χ4n) is 3.46. The van der Waals surface area contributed by atoms with Crippen molar-refractivity contribution in [2.24, 2.45) is 0 Å². The summed E-state index contributed by atoms with van der Waals surface area (Å²) in [5.41, 5.74) is 1.75. The first-order valence-corrected chi connectivity index (χ1v) is 8.38. The Kier molecular flexibility index (Phi) is 4.34. The maximum atomic E-state index is 14.6. The van der Waals surface area contributed by atoms with Gasteiger partial charge in [0.05, 0.1) is 19.3 Å². The van der Waals surface area contributed by atoms with E-state index < -0.39 is 0 Å². The highest BCUT2D eigenvalue weighted by atomic mass is 19.1. The summed E-state index contributed by atoms with van der Waals surface area (Å²) >= 11 is 0. The molecular weight excluding hydrogens is 319 g/mol. The zero-order valence-electron chi connectivity index (χ0n) is 13.7. The summed E-state index contributed by atoms with van der Waals surface area (Å²) in [5, 5.41) is 11.7. The van der Waals surface area contributed by atoms with Crippen molar-refractivity contribution in [3.8, 4) is 5.75 Å². The Balaban J connectivity index is 1.89. The van der Waals surface area contributed by atoms with Crippen molar-refractivity contribution in [3.05, 3.63) is 71.7 Å². The fourth-order valence-corrected chi connectivity index (χ4v) is 3.46. The second-order valence-corrected chi connectivity index (χ2v) is 6.15. The smallest absolute Gasteiger partial charge is 0.146 e. The first kappa shape index (κ1) is 16.0. The van der Waals surface area contributed by atoms with Gasteiger partial charge in [0.25, 0.3) is 0 Å². The molecule has 3 aromatic rings. The number of aromatic hydroxyl groups is 1. The summed E-state index contributed by atoms with van der Waals surface area (Å²) in [4.78, 5) is 6.44. The molecular formula is C20H19FN2O2. The summed E-state index contributed by atoms with van der Waals surface area (Å²) in [6.07, 6.45) is 1.65. The van der Waals surface area contributed by atoms with E-state index in [1.807, 2.05) is 30.3 Å². The third kappa shape index (κ3) is 2.97. The molecule has 1 fully saturated rings. The van der Waals surface area contributed by atoms with E-state index in [0.717, 1.165) is 5.39 Å². The molecule has 25 heavy (non-hydrogen) atoms. The molecule has 0 saturated carbocycles. The van der Waals surface area contributed by atoms with Gasteiger partial charge in [0.2, 0.25) is 0 Å². The lowest BCUT2D eigenvalue weighted by Gasteiger charge is -2.35. The average Bonchev–Trinajstić information content (AvgIpc) is 2.66. The monoisotopic (exact) mass is 338 g/mol. The summed E-state index contributed by atoms with van der Waals surface area (Å²) in [6.45, 7) is 2.55. The van der Waals surface area contributed by atoms with Gasteiger partial charge in [0.15, 0.2) is 0 Å². The minimum Gasteiger partial charge on any atom is -0.505 e. The Bertz CT molecular complexity index is 894. The van der Waals surface area contributed by atoms with Gasteiger partial charge in [0, 0.05) is 35.8 Å². The van der Waals surface area contributed by atoms with E-state index in [9.17, 15) is 9.50 Å². The van der Waals surface area contributed by atoms with Crippen molar-refractivity contribution in [2.75, 3.05) is 26.3 Å². The van der Waals surface area contributed by atoms with Crippen LogP contribution in [0.2, 0.25) is 0 Å². The van der Waals surface area contributed by atoms with Gasteiger partial charge in [-0.3, -0.25) is 9.88 Å². The van der Waals surface area contributed by atoms with Crippen molar-refractivity contribution in [2.45, 2.75) is 6.04 Å². The summed E-state index contributed by atoms with van der Waals surface area (Å²) < 4.78 is 20.0. The van der Waals surface area contributed by atoms with Crippen LogP contribution in [0.5, 0.6) is 5.75 Å². The first-order chi connectivity index (χ1) is 12.3. The molecule has 2 aromatic carbocycles. The number of morpholine rings is 1. The number of halogens is 1. The molecule has 1 N–H and O–H groups in total. The third-order valence-electron chi connectivity index (χ3n) is 4.68. The maximum absolute atomic E-state index is 14.6.